The molecule has 3 N–H and O–H groups in total. The van der Waals surface area contributed by atoms with Gasteiger partial charge in [-0.2, -0.15) is 0 Å². The topological polar surface area (TPSA) is 72.5 Å². The van der Waals surface area contributed by atoms with Crippen LogP contribution in [0.5, 0.6) is 5.88 Å². The average Bonchev–Trinajstić information content (AvgIpc) is 3.27. The summed E-state index contributed by atoms with van der Waals surface area (Å²) in [6.07, 6.45) is 5.41. The van der Waals surface area contributed by atoms with Crippen LogP contribution < -0.4 is 15.8 Å². The van der Waals surface area contributed by atoms with Gasteiger partial charge in [-0.1, -0.05) is 13.8 Å². The number of hydrogen-bond donors (Lipinski definition) is 2. The molecular weight excluding hydrogens is 391 g/mol. The van der Waals surface area contributed by atoms with E-state index in [0.29, 0.717) is 24.3 Å². The molecule has 1 aromatic rings. The van der Waals surface area contributed by atoms with E-state index in [9.17, 15) is 0 Å². The highest BCUT2D eigenvalue weighted by molar-refractivity contribution is 14.0. The normalized spacial score (nSPS) is 14.6. The number of guanidine groups is 1. The van der Waals surface area contributed by atoms with E-state index >= 15 is 0 Å². The summed E-state index contributed by atoms with van der Waals surface area (Å²) in [6, 6.07) is 3.88. The Morgan fingerprint density at radius 2 is 2.27 bits per heavy atom. The first-order valence-electron chi connectivity index (χ1n) is 7.75. The summed E-state index contributed by atoms with van der Waals surface area (Å²) in [5.41, 5.74) is 6.90. The van der Waals surface area contributed by atoms with Crippen molar-refractivity contribution in [3.8, 4) is 5.88 Å². The van der Waals surface area contributed by atoms with Gasteiger partial charge in [0.2, 0.25) is 5.88 Å². The van der Waals surface area contributed by atoms with Crippen LogP contribution in [0.2, 0.25) is 0 Å². The van der Waals surface area contributed by atoms with Crippen LogP contribution in [0.1, 0.15) is 38.7 Å². The van der Waals surface area contributed by atoms with E-state index in [4.69, 9.17) is 10.5 Å². The van der Waals surface area contributed by atoms with Crippen LogP contribution in [-0.4, -0.2) is 24.1 Å². The molecular formula is C16H27IN4O. The third-order valence-corrected chi connectivity index (χ3v) is 3.42. The van der Waals surface area contributed by atoms with Crippen LogP contribution in [0.4, 0.5) is 0 Å². The van der Waals surface area contributed by atoms with E-state index in [1.54, 1.807) is 6.20 Å². The van der Waals surface area contributed by atoms with Gasteiger partial charge in [0, 0.05) is 18.8 Å². The van der Waals surface area contributed by atoms with Gasteiger partial charge in [-0.25, -0.2) is 9.98 Å². The molecule has 0 aromatic carbocycles. The second-order valence-electron chi connectivity index (χ2n) is 6.07. The standard InChI is InChI=1S/C16H26N4O.HI/c1-12(2)5-7-19-16(17)20-10-14-6-8-18-15(9-14)21-11-13-3-4-13;/h6,8-9,12-13H,3-5,7,10-11H2,1-2H3,(H3,17,19,20);1H. The summed E-state index contributed by atoms with van der Waals surface area (Å²) in [4.78, 5) is 8.56. The van der Waals surface area contributed by atoms with Gasteiger partial charge in [-0.15, -0.1) is 24.0 Å². The van der Waals surface area contributed by atoms with Crippen molar-refractivity contribution < 1.29 is 4.74 Å². The molecule has 1 fully saturated rings. The second kappa shape index (κ2) is 9.86. The average molecular weight is 418 g/mol. The van der Waals surface area contributed by atoms with Gasteiger partial charge in [0.25, 0.3) is 0 Å². The molecule has 1 saturated carbocycles. The molecule has 0 aliphatic heterocycles. The Hall–Kier alpha value is -1.05. The fourth-order valence-corrected chi connectivity index (χ4v) is 1.84. The van der Waals surface area contributed by atoms with Crippen LogP contribution in [0, 0.1) is 11.8 Å². The SMILES string of the molecule is CC(C)CCNC(N)=NCc1ccnc(OCC2CC2)c1.I. The van der Waals surface area contributed by atoms with E-state index in [2.05, 4.69) is 29.1 Å². The lowest BCUT2D eigenvalue weighted by Gasteiger charge is -2.08. The van der Waals surface area contributed by atoms with E-state index in [-0.39, 0.29) is 24.0 Å². The Bertz CT molecular complexity index is 475. The van der Waals surface area contributed by atoms with Gasteiger partial charge in [-0.3, -0.25) is 0 Å². The van der Waals surface area contributed by atoms with Gasteiger partial charge in [-0.05, 0) is 42.7 Å². The first-order chi connectivity index (χ1) is 10.1. The van der Waals surface area contributed by atoms with Crippen LogP contribution >= 0.6 is 24.0 Å². The van der Waals surface area contributed by atoms with Crippen molar-refractivity contribution in [1.82, 2.24) is 10.3 Å². The highest BCUT2D eigenvalue weighted by Gasteiger charge is 2.22. The maximum absolute atomic E-state index is 5.84. The number of nitrogens with one attached hydrogen (secondary N) is 1. The van der Waals surface area contributed by atoms with E-state index in [1.807, 2.05) is 12.1 Å². The number of aromatic nitrogens is 1. The van der Waals surface area contributed by atoms with Crippen molar-refractivity contribution >= 4 is 29.9 Å². The molecule has 1 aromatic heterocycles. The van der Waals surface area contributed by atoms with E-state index in [1.165, 1.54) is 12.8 Å². The Kier molecular flexibility index (Phi) is 8.52. The minimum absolute atomic E-state index is 0. The fourth-order valence-electron chi connectivity index (χ4n) is 1.84. The zero-order valence-electron chi connectivity index (χ0n) is 13.4. The predicted molar refractivity (Wildman–Crippen MR) is 101 cm³/mol. The minimum Gasteiger partial charge on any atom is -0.477 e. The number of rotatable bonds is 8. The molecule has 1 aliphatic rings. The summed E-state index contributed by atoms with van der Waals surface area (Å²) in [7, 11) is 0. The molecule has 1 aliphatic carbocycles. The van der Waals surface area contributed by atoms with E-state index < -0.39 is 0 Å². The van der Waals surface area contributed by atoms with Crippen molar-refractivity contribution in [3.05, 3.63) is 23.9 Å². The van der Waals surface area contributed by atoms with Crippen LogP contribution in [-0.2, 0) is 6.54 Å². The number of aliphatic imine (C=N–C) groups is 1. The first kappa shape index (κ1) is 19.0. The van der Waals surface area contributed by atoms with Crippen molar-refractivity contribution in [1.29, 1.82) is 0 Å². The Balaban J connectivity index is 0.00000242. The molecule has 0 unspecified atom stereocenters. The summed E-state index contributed by atoms with van der Waals surface area (Å²) in [5, 5.41) is 3.13. The number of ether oxygens (including phenoxy) is 1. The fraction of sp³-hybridized carbons (Fsp3) is 0.625. The summed E-state index contributed by atoms with van der Waals surface area (Å²) in [6.45, 7) is 6.56. The third-order valence-electron chi connectivity index (χ3n) is 3.42. The lowest BCUT2D eigenvalue weighted by Crippen LogP contribution is -2.32. The van der Waals surface area contributed by atoms with Gasteiger partial charge in [0.1, 0.15) is 0 Å². The van der Waals surface area contributed by atoms with Gasteiger partial charge < -0.3 is 15.8 Å². The van der Waals surface area contributed by atoms with Crippen LogP contribution in [0.15, 0.2) is 23.3 Å². The number of halogens is 1. The molecule has 0 amide bonds. The number of pyridine rings is 1. The molecule has 0 bridgehead atoms. The molecule has 124 valence electrons. The van der Waals surface area contributed by atoms with Crippen LogP contribution in [0.25, 0.3) is 0 Å². The molecule has 0 saturated heterocycles. The zero-order chi connectivity index (χ0) is 15.1. The Morgan fingerprint density at radius 1 is 1.50 bits per heavy atom. The predicted octanol–water partition coefficient (Wildman–Crippen LogP) is 2.94. The van der Waals surface area contributed by atoms with Crippen molar-refractivity contribution in [2.45, 2.75) is 39.7 Å². The number of nitrogens with zero attached hydrogens (tertiary/aromatic N) is 2. The molecule has 5 nitrogen and oxygen atoms in total. The molecule has 0 atom stereocenters. The van der Waals surface area contributed by atoms with Crippen molar-refractivity contribution in [2.24, 2.45) is 22.6 Å². The third kappa shape index (κ3) is 7.82. The quantitative estimate of drug-likeness (QED) is 0.387. The number of nitrogens with two attached hydrogens (primary N) is 1. The van der Waals surface area contributed by atoms with Gasteiger partial charge in [0.05, 0.1) is 13.2 Å². The summed E-state index contributed by atoms with van der Waals surface area (Å²) >= 11 is 0. The van der Waals surface area contributed by atoms with Crippen LogP contribution in [0.3, 0.4) is 0 Å². The Labute approximate surface area is 150 Å². The van der Waals surface area contributed by atoms with Gasteiger partial charge >= 0.3 is 0 Å². The van der Waals surface area contributed by atoms with Gasteiger partial charge in [0.15, 0.2) is 5.96 Å². The molecule has 22 heavy (non-hydrogen) atoms. The highest BCUT2D eigenvalue weighted by atomic mass is 127. The molecule has 1 heterocycles. The number of hydrogen-bond acceptors (Lipinski definition) is 3. The Morgan fingerprint density at radius 3 is 2.95 bits per heavy atom. The van der Waals surface area contributed by atoms with Crippen molar-refractivity contribution in [2.75, 3.05) is 13.2 Å². The summed E-state index contributed by atoms with van der Waals surface area (Å²) in [5.74, 6) is 2.57. The maximum atomic E-state index is 5.84. The molecule has 0 spiro atoms. The minimum atomic E-state index is 0. The lowest BCUT2D eigenvalue weighted by molar-refractivity contribution is 0.288. The maximum Gasteiger partial charge on any atom is 0.213 e. The largest absolute Gasteiger partial charge is 0.477 e. The summed E-state index contributed by atoms with van der Waals surface area (Å²) < 4.78 is 5.66. The first-order valence-corrected chi connectivity index (χ1v) is 7.75. The highest BCUT2D eigenvalue weighted by Crippen LogP contribution is 2.29. The molecule has 2 rings (SSSR count). The van der Waals surface area contributed by atoms with E-state index in [0.717, 1.165) is 31.1 Å². The zero-order valence-corrected chi connectivity index (χ0v) is 15.7. The monoisotopic (exact) mass is 418 g/mol. The smallest absolute Gasteiger partial charge is 0.213 e. The molecule has 6 heteroatoms. The second-order valence-corrected chi connectivity index (χ2v) is 6.07. The van der Waals surface area contributed by atoms with Crippen molar-refractivity contribution in [3.63, 3.8) is 0 Å². The lowest BCUT2D eigenvalue weighted by atomic mass is 10.1. The molecule has 0 radical (unpaired) electrons.